The molecule has 0 aliphatic carbocycles. The summed E-state index contributed by atoms with van der Waals surface area (Å²) in [4.78, 5) is 4.87. The van der Waals surface area contributed by atoms with E-state index in [-0.39, 0.29) is 5.54 Å². The van der Waals surface area contributed by atoms with Crippen LogP contribution in [0.4, 0.5) is 5.69 Å². The summed E-state index contributed by atoms with van der Waals surface area (Å²) in [6.07, 6.45) is 0. The second-order valence-corrected chi connectivity index (χ2v) is 6.22. The standard InChI is InChI=1S/C14H22ClN3/c1-14(2)10-18(7-6-17(14)3)9-11-4-5-12(15)8-13(11)16/h4-5,8H,6-7,9-10,16H2,1-3H3. The lowest BCUT2D eigenvalue weighted by Gasteiger charge is -2.45. The number of nitrogens with two attached hydrogens (primary N) is 1. The molecule has 18 heavy (non-hydrogen) atoms. The number of piperazine rings is 1. The summed E-state index contributed by atoms with van der Waals surface area (Å²) in [6, 6.07) is 5.77. The van der Waals surface area contributed by atoms with Gasteiger partial charge in [-0.2, -0.15) is 0 Å². The first-order valence-electron chi connectivity index (χ1n) is 6.36. The molecule has 0 atom stereocenters. The molecule has 0 spiro atoms. The molecule has 0 saturated carbocycles. The summed E-state index contributed by atoms with van der Waals surface area (Å²) in [5, 5.41) is 0.704. The summed E-state index contributed by atoms with van der Waals surface area (Å²) < 4.78 is 0. The molecule has 0 unspecified atom stereocenters. The molecule has 100 valence electrons. The third kappa shape index (κ3) is 2.97. The number of rotatable bonds is 2. The molecule has 1 aromatic rings. The van der Waals surface area contributed by atoms with E-state index in [1.54, 1.807) is 0 Å². The first kappa shape index (κ1) is 13.7. The van der Waals surface area contributed by atoms with Crippen LogP contribution < -0.4 is 5.73 Å². The maximum absolute atomic E-state index is 6.01. The number of nitrogens with zero attached hydrogens (tertiary/aromatic N) is 2. The Morgan fingerprint density at radius 2 is 2.06 bits per heavy atom. The quantitative estimate of drug-likeness (QED) is 0.836. The number of nitrogen functional groups attached to an aromatic ring is 1. The van der Waals surface area contributed by atoms with Crippen molar-refractivity contribution in [2.24, 2.45) is 0 Å². The van der Waals surface area contributed by atoms with Crippen LogP contribution in [0.25, 0.3) is 0 Å². The van der Waals surface area contributed by atoms with Gasteiger partial charge in [0.15, 0.2) is 0 Å². The zero-order chi connectivity index (χ0) is 13.3. The van der Waals surface area contributed by atoms with Crippen molar-refractivity contribution in [3.63, 3.8) is 0 Å². The minimum absolute atomic E-state index is 0.222. The van der Waals surface area contributed by atoms with Crippen molar-refractivity contribution in [2.45, 2.75) is 25.9 Å². The largest absolute Gasteiger partial charge is 0.398 e. The summed E-state index contributed by atoms with van der Waals surface area (Å²) in [6.45, 7) is 8.71. The maximum atomic E-state index is 6.01. The Morgan fingerprint density at radius 3 is 2.67 bits per heavy atom. The minimum atomic E-state index is 0.222. The van der Waals surface area contributed by atoms with Crippen LogP contribution in [0.5, 0.6) is 0 Å². The highest BCUT2D eigenvalue weighted by atomic mass is 35.5. The van der Waals surface area contributed by atoms with Gasteiger partial charge in [-0.05, 0) is 38.6 Å². The predicted octanol–water partition coefficient (Wildman–Crippen LogP) is 2.45. The minimum Gasteiger partial charge on any atom is -0.398 e. The molecule has 1 aromatic carbocycles. The van der Waals surface area contributed by atoms with Crippen LogP contribution >= 0.6 is 11.6 Å². The van der Waals surface area contributed by atoms with Gasteiger partial charge in [-0.1, -0.05) is 17.7 Å². The molecule has 2 N–H and O–H groups in total. The van der Waals surface area contributed by atoms with Gasteiger partial charge < -0.3 is 5.73 Å². The van der Waals surface area contributed by atoms with E-state index in [2.05, 4.69) is 30.7 Å². The lowest BCUT2D eigenvalue weighted by molar-refractivity contribution is 0.0361. The van der Waals surface area contributed by atoms with Gasteiger partial charge in [0.2, 0.25) is 0 Å². The number of halogens is 1. The van der Waals surface area contributed by atoms with Crippen LogP contribution in [-0.2, 0) is 6.54 Å². The van der Waals surface area contributed by atoms with Crippen molar-refractivity contribution < 1.29 is 0 Å². The SMILES string of the molecule is CN1CCN(Cc2ccc(Cl)cc2N)CC1(C)C. The molecule has 1 aliphatic rings. The zero-order valence-electron chi connectivity index (χ0n) is 11.4. The van der Waals surface area contributed by atoms with E-state index in [1.165, 1.54) is 5.56 Å². The van der Waals surface area contributed by atoms with Crippen LogP contribution in [0.1, 0.15) is 19.4 Å². The Bertz CT molecular complexity index is 431. The van der Waals surface area contributed by atoms with Gasteiger partial charge >= 0.3 is 0 Å². The lowest BCUT2D eigenvalue weighted by atomic mass is 9.99. The van der Waals surface area contributed by atoms with Crippen LogP contribution in [0.3, 0.4) is 0 Å². The van der Waals surface area contributed by atoms with Crippen LogP contribution in [0.2, 0.25) is 5.02 Å². The summed E-state index contributed by atoms with van der Waals surface area (Å²) in [5.41, 5.74) is 8.19. The van der Waals surface area contributed by atoms with Crippen molar-refractivity contribution in [1.29, 1.82) is 0 Å². The summed E-state index contributed by atoms with van der Waals surface area (Å²) >= 11 is 5.92. The smallest absolute Gasteiger partial charge is 0.0426 e. The van der Waals surface area contributed by atoms with E-state index in [0.717, 1.165) is 31.9 Å². The van der Waals surface area contributed by atoms with Gasteiger partial charge in [0.05, 0.1) is 0 Å². The fourth-order valence-corrected chi connectivity index (χ4v) is 2.61. The molecule has 0 radical (unpaired) electrons. The molecular weight excluding hydrogens is 246 g/mol. The van der Waals surface area contributed by atoms with E-state index >= 15 is 0 Å². The Labute approximate surface area is 115 Å². The number of likely N-dealkylation sites (N-methyl/N-ethyl adjacent to an activating group) is 1. The Morgan fingerprint density at radius 1 is 1.33 bits per heavy atom. The van der Waals surface area contributed by atoms with Crippen molar-refractivity contribution in [1.82, 2.24) is 9.80 Å². The van der Waals surface area contributed by atoms with Gasteiger partial charge in [0.1, 0.15) is 0 Å². The van der Waals surface area contributed by atoms with E-state index in [0.29, 0.717) is 5.02 Å². The highest BCUT2D eigenvalue weighted by molar-refractivity contribution is 6.30. The van der Waals surface area contributed by atoms with Crippen molar-refractivity contribution in [3.05, 3.63) is 28.8 Å². The number of benzene rings is 1. The second-order valence-electron chi connectivity index (χ2n) is 5.79. The second kappa shape index (κ2) is 5.08. The van der Waals surface area contributed by atoms with Gasteiger partial charge in [-0.25, -0.2) is 0 Å². The third-order valence-corrected chi connectivity index (χ3v) is 4.13. The van der Waals surface area contributed by atoms with Gasteiger partial charge in [-0.3, -0.25) is 9.80 Å². The van der Waals surface area contributed by atoms with Crippen molar-refractivity contribution in [3.8, 4) is 0 Å². The normalized spacial score (nSPS) is 21.1. The van der Waals surface area contributed by atoms with Gasteiger partial charge in [-0.15, -0.1) is 0 Å². The molecular formula is C14H22ClN3. The highest BCUT2D eigenvalue weighted by Crippen LogP contribution is 2.23. The third-order valence-electron chi connectivity index (χ3n) is 3.90. The molecule has 1 fully saturated rings. The van der Waals surface area contributed by atoms with E-state index < -0.39 is 0 Å². The fraction of sp³-hybridized carbons (Fsp3) is 0.571. The Kier molecular flexibility index (Phi) is 3.85. The predicted molar refractivity (Wildman–Crippen MR) is 77.9 cm³/mol. The topological polar surface area (TPSA) is 32.5 Å². The lowest BCUT2D eigenvalue weighted by Crippen LogP contribution is -2.57. The highest BCUT2D eigenvalue weighted by Gasteiger charge is 2.30. The van der Waals surface area contributed by atoms with E-state index in [4.69, 9.17) is 17.3 Å². The molecule has 1 saturated heterocycles. The molecule has 0 aromatic heterocycles. The monoisotopic (exact) mass is 267 g/mol. The molecule has 3 nitrogen and oxygen atoms in total. The van der Waals surface area contributed by atoms with Crippen molar-refractivity contribution >= 4 is 17.3 Å². The average Bonchev–Trinajstić information content (AvgIpc) is 2.27. The Hall–Kier alpha value is -0.770. The summed E-state index contributed by atoms with van der Waals surface area (Å²) in [7, 11) is 2.19. The average molecular weight is 268 g/mol. The van der Waals surface area contributed by atoms with Crippen LogP contribution in [0, 0.1) is 0 Å². The molecule has 1 aliphatic heterocycles. The fourth-order valence-electron chi connectivity index (χ4n) is 2.43. The van der Waals surface area contributed by atoms with E-state index in [1.807, 2.05) is 18.2 Å². The van der Waals surface area contributed by atoms with Gasteiger partial charge in [0, 0.05) is 42.4 Å². The molecule has 4 heteroatoms. The summed E-state index contributed by atoms with van der Waals surface area (Å²) in [5.74, 6) is 0. The van der Waals surface area contributed by atoms with E-state index in [9.17, 15) is 0 Å². The number of anilines is 1. The molecule has 0 bridgehead atoms. The van der Waals surface area contributed by atoms with Gasteiger partial charge in [0.25, 0.3) is 0 Å². The molecule has 0 amide bonds. The molecule has 1 heterocycles. The zero-order valence-corrected chi connectivity index (χ0v) is 12.2. The number of hydrogen-bond donors (Lipinski definition) is 1. The van der Waals surface area contributed by atoms with Crippen LogP contribution in [-0.4, -0.2) is 42.0 Å². The first-order valence-corrected chi connectivity index (χ1v) is 6.74. The maximum Gasteiger partial charge on any atom is 0.0426 e. The van der Waals surface area contributed by atoms with Crippen LogP contribution in [0.15, 0.2) is 18.2 Å². The number of hydrogen-bond acceptors (Lipinski definition) is 3. The van der Waals surface area contributed by atoms with Crippen molar-refractivity contribution in [2.75, 3.05) is 32.4 Å². The first-order chi connectivity index (χ1) is 8.38. The Balaban J connectivity index is 2.06. The molecule has 2 rings (SSSR count).